The highest BCUT2D eigenvalue weighted by Gasteiger charge is 2.62. The molecule has 0 saturated carbocycles. The molecule has 0 aromatic heterocycles. The van der Waals surface area contributed by atoms with Crippen LogP contribution in [0, 0.1) is 0 Å². The van der Waals surface area contributed by atoms with Crippen LogP contribution in [-0.2, 0) is 23.7 Å². The fourth-order valence-electron chi connectivity index (χ4n) is 2.78. The number of aliphatic hydroxyl groups is 1. The summed E-state index contributed by atoms with van der Waals surface area (Å²) in [6.07, 6.45) is -1.65. The van der Waals surface area contributed by atoms with Crippen LogP contribution in [0.25, 0.3) is 0 Å². The van der Waals surface area contributed by atoms with Crippen molar-refractivity contribution < 1.29 is 28.8 Å². The predicted molar refractivity (Wildman–Crippen MR) is 59.6 cm³/mol. The number of ether oxygens (including phenoxy) is 5. The van der Waals surface area contributed by atoms with Crippen LogP contribution in [0.1, 0.15) is 27.7 Å². The fraction of sp³-hybridized carbons (Fsp3) is 1.00. The molecule has 0 aromatic carbocycles. The average molecular weight is 260 g/mol. The van der Waals surface area contributed by atoms with Crippen LogP contribution in [0.2, 0.25) is 0 Å². The molecular formula is C12H20O6. The molecular weight excluding hydrogens is 240 g/mol. The van der Waals surface area contributed by atoms with Crippen molar-refractivity contribution in [2.24, 2.45) is 0 Å². The highest BCUT2D eigenvalue weighted by atomic mass is 16.9. The molecule has 4 atom stereocenters. The lowest BCUT2D eigenvalue weighted by molar-refractivity contribution is -0.326. The van der Waals surface area contributed by atoms with Crippen LogP contribution < -0.4 is 0 Å². The van der Waals surface area contributed by atoms with E-state index in [1.54, 1.807) is 13.8 Å². The topological polar surface area (TPSA) is 66.4 Å². The first-order chi connectivity index (χ1) is 8.23. The SMILES string of the molecule is CC1(C)O[C@H]2CO[C@]3(COC(C)(C)O3)C(O)[C@@H]2O1. The highest BCUT2D eigenvalue weighted by molar-refractivity contribution is 5.00. The van der Waals surface area contributed by atoms with E-state index in [1.807, 2.05) is 13.8 Å². The molecule has 3 rings (SSSR count). The van der Waals surface area contributed by atoms with Gasteiger partial charge < -0.3 is 28.8 Å². The lowest BCUT2D eigenvalue weighted by Gasteiger charge is -2.41. The van der Waals surface area contributed by atoms with Gasteiger partial charge in [0.1, 0.15) is 24.9 Å². The molecule has 3 aliphatic rings. The van der Waals surface area contributed by atoms with E-state index in [4.69, 9.17) is 23.7 Å². The molecule has 18 heavy (non-hydrogen) atoms. The van der Waals surface area contributed by atoms with Crippen molar-refractivity contribution in [3.63, 3.8) is 0 Å². The van der Waals surface area contributed by atoms with Gasteiger partial charge in [0, 0.05) is 0 Å². The molecule has 3 fully saturated rings. The molecule has 1 spiro atoms. The van der Waals surface area contributed by atoms with E-state index < -0.39 is 29.6 Å². The highest BCUT2D eigenvalue weighted by Crippen LogP contribution is 2.43. The van der Waals surface area contributed by atoms with Crippen LogP contribution >= 0.6 is 0 Å². The molecule has 0 bridgehead atoms. The molecule has 0 aromatic rings. The van der Waals surface area contributed by atoms with E-state index in [0.29, 0.717) is 6.61 Å². The maximum atomic E-state index is 10.5. The van der Waals surface area contributed by atoms with Crippen LogP contribution in [0.3, 0.4) is 0 Å². The molecule has 0 radical (unpaired) electrons. The minimum absolute atomic E-state index is 0.189. The summed E-state index contributed by atoms with van der Waals surface area (Å²) in [5.41, 5.74) is 0. The molecule has 3 heterocycles. The van der Waals surface area contributed by atoms with Crippen molar-refractivity contribution in [2.75, 3.05) is 13.2 Å². The van der Waals surface area contributed by atoms with Gasteiger partial charge in [0.2, 0.25) is 5.79 Å². The summed E-state index contributed by atoms with van der Waals surface area (Å²) < 4.78 is 28.3. The Labute approximate surface area is 106 Å². The third-order valence-electron chi connectivity index (χ3n) is 3.51. The molecule has 3 aliphatic heterocycles. The van der Waals surface area contributed by atoms with Crippen LogP contribution in [0.4, 0.5) is 0 Å². The summed E-state index contributed by atoms with van der Waals surface area (Å²) in [6.45, 7) is 7.74. The van der Waals surface area contributed by atoms with E-state index in [1.165, 1.54) is 0 Å². The van der Waals surface area contributed by atoms with E-state index in [9.17, 15) is 5.11 Å². The third-order valence-corrected chi connectivity index (χ3v) is 3.51. The van der Waals surface area contributed by atoms with Gasteiger partial charge in [0.05, 0.1) is 6.61 Å². The van der Waals surface area contributed by atoms with Crippen LogP contribution in [-0.4, -0.2) is 54.0 Å². The maximum absolute atomic E-state index is 10.5. The molecule has 0 amide bonds. The molecule has 6 heteroatoms. The minimum atomic E-state index is -1.14. The molecule has 0 aliphatic carbocycles. The van der Waals surface area contributed by atoms with E-state index in [0.717, 1.165) is 0 Å². The summed E-state index contributed by atoms with van der Waals surface area (Å²) in [5, 5.41) is 10.5. The second kappa shape index (κ2) is 3.65. The van der Waals surface area contributed by atoms with Crippen LogP contribution in [0.5, 0.6) is 0 Å². The van der Waals surface area contributed by atoms with Crippen molar-refractivity contribution in [1.82, 2.24) is 0 Å². The normalized spacial score (nSPS) is 49.5. The summed E-state index contributed by atoms with van der Waals surface area (Å²) in [7, 11) is 0. The van der Waals surface area contributed by atoms with Gasteiger partial charge in [-0.1, -0.05) is 0 Å². The Morgan fingerprint density at radius 1 is 1.00 bits per heavy atom. The molecule has 104 valence electrons. The van der Waals surface area contributed by atoms with Gasteiger partial charge in [-0.3, -0.25) is 0 Å². The maximum Gasteiger partial charge on any atom is 0.224 e. The minimum Gasteiger partial charge on any atom is -0.385 e. The first-order valence-electron chi connectivity index (χ1n) is 6.25. The lowest BCUT2D eigenvalue weighted by atomic mass is 9.97. The van der Waals surface area contributed by atoms with E-state index in [-0.39, 0.29) is 12.7 Å². The summed E-state index contributed by atoms with van der Waals surface area (Å²) in [5.74, 6) is -2.61. The molecule has 1 N–H and O–H groups in total. The Morgan fingerprint density at radius 3 is 2.33 bits per heavy atom. The van der Waals surface area contributed by atoms with E-state index >= 15 is 0 Å². The zero-order chi connectivity index (χ0) is 13.2. The van der Waals surface area contributed by atoms with Gasteiger partial charge in [-0.15, -0.1) is 0 Å². The van der Waals surface area contributed by atoms with Crippen LogP contribution in [0.15, 0.2) is 0 Å². The number of hydrogen-bond acceptors (Lipinski definition) is 6. The lowest BCUT2D eigenvalue weighted by Crippen LogP contribution is -2.61. The summed E-state index contributed by atoms with van der Waals surface area (Å²) in [4.78, 5) is 0. The Kier molecular flexibility index (Phi) is 2.59. The van der Waals surface area contributed by atoms with Gasteiger partial charge in [0.15, 0.2) is 11.6 Å². The zero-order valence-electron chi connectivity index (χ0n) is 11.1. The van der Waals surface area contributed by atoms with Gasteiger partial charge in [0.25, 0.3) is 0 Å². The van der Waals surface area contributed by atoms with Crippen molar-refractivity contribution in [3.05, 3.63) is 0 Å². The fourth-order valence-corrected chi connectivity index (χ4v) is 2.78. The third kappa shape index (κ3) is 1.88. The Morgan fingerprint density at radius 2 is 1.72 bits per heavy atom. The Bertz CT molecular complexity index is 352. The quantitative estimate of drug-likeness (QED) is 0.679. The smallest absolute Gasteiger partial charge is 0.224 e. The first-order valence-corrected chi connectivity index (χ1v) is 6.25. The van der Waals surface area contributed by atoms with Gasteiger partial charge >= 0.3 is 0 Å². The number of rotatable bonds is 0. The standard InChI is InChI=1S/C12H20O6/c1-10(2)15-6-12(18-10)9(13)8-7(5-14-12)16-11(3,4)17-8/h7-9,13H,5-6H2,1-4H3/t7-,8+,9?,12-/m0/s1. The second-order valence-electron chi connectivity index (χ2n) is 6.00. The average Bonchev–Trinajstić information content (AvgIpc) is 2.71. The second-order valence-corrected chi connectivity index (χ2v) is 6.00. The molecule has 3 saturated heterocycles. The monoisotopic (exact) mass is 260 g/mol. The number of hydrogen-bond donors (Lipinski definition) is 1. The van der Waals surface area contributed by atoms with Gasteiger partial charge in [-0.05, 0) is 27.7 Å². The van der Waals surface area contributed by atoms with Crippen molar-refractivity contribution in [1.29, 1.82) is 0 Å². The van der Waals surface area contributed by atoms with Crippen molar-refractivity contribution >= 4 is 0 Å². The molecule has 1 unspecified atom stereocenters. The van der Waals surface area contributed by atoms with Gasteiger partial charge in [-0.2, -0.15) is 0 Å². The van der Waals surface area contributed by atoms with Crippen molar-refractivity contribution in [3.8, 4) is 0 Å². The Balaban J connectivity index is 1.82. The van der Waals surface area contributed by atoms with Gasteiger partial charge in [-0.25, -0.2) is 0 Å². The number of aliphatic hydroxyl groups excluding tert-OH is 1. The summed E-state index contributed by atoms with van der Waals surface area (Å²) in [6, 6.07) is 0. The zero-order valence-corrected chi connectivity index (χ0v) is 11.1. The van der Waals surface area contributed by atoms with E-state index in [2.05, 4.69) is 0 Å². The van der Waals surface area contributed by atoms with Crippen molar-refractivity contribution in [2.45, 2.75) is 63.4 Å². The first kappa shape index (κ1) is 12.8. The largest absolute Gasteiger partial charge is 0.385 e. The summed E-state index contributed by atoms with van der Waals surface area (Å²) >= 11 is 0. The number of fused-ring (bicyclic) bond motifs is 1. The Hall–Kier alpha value is -0.240. The predicted octanol–water partition coefficient (Wildman–Crippen LogP) is 0.377. The molecule has 6 nitrogen and oxygen atoms in total.